The molecule has 1 aromatic rings. The first-order chi connectivity index (χ1) is 10.7. The SMILES string of the molecule is O=C(NN=Cc1ccc(C=NNC(=O)C2CC2)cc1)C1CC1. The number of carbonyl (C=O) groups excluding carboxylic acids is 2. The quantitative estimate of drug-likeness (QED) is 0.615. The van der Waals surface area contributed by atoms with E-state index in [2.05, 4.69) is 21.1 Å². The summed E-state index contributed by atoms with van der Waals surface area (Å²) in [6.07, 6.45) is 7.07. The van der Waals surface area contributed by atoms with E-state index in [1.807, 2.05) is 24.3 Å². The first-order valence-corrected chi connectivity index (χ1v) is 7.48. The lowest BCUT2D eigenvalue weighted by atomic mass is 10.2. The van der Waals surface area contributed by atoms with Gasteiger partial charge in [-0.25, -0.2) is 10.9 Å². The van der Waals surface area contributed by atoms with Gasteiger partial charge in [-0.3, -0.25) is 9.59 Å². The van der Waals surface area contributed by atoms with Crippen molar-refractivity contribution >= 4 is 24.2 Å². The Balaban J connectivity index is 1.46. The second-order valence-electron chi connectivity index (χ2n) is 5.68. The summed E-state index contributed by atoms with van der Waals surface area (Å²) in [5.74, 6) is 0.293. The maximum Gasteiger partial charge on any atom is 0.243 e. The van der Waals surface area contributed by atoms with Crippen molar-refractivity contribution < 1.29 is 9.59 Å². The van der Waals surface area contributed by atoms with Crippen molar-refractivity contribution in [2.75, 3.05) is 0 Å². The molecule has 0 heterocycles. The molecule has 0 bridgehead atoms. The van der Waals surface area contributed by atoms with Gasteiger partial charge in [0, 0.05) is 11.8 Å². The van der Waals surface area contributed by atoms with Gasteiger partial charge in [0.1, 0.15) is 0 Å². The van der Waals surface area contributed by atoms with Crippen LogP contribution in [0.1, 0.15) is 36.8 Å². The lowest BCUT2D eigenvalue weighted by Gasteiger charge is -1.98. The van der Waals surface area contributed by atoms with Gasteiger partial charge < -0.3 is 0 Å². The van der Waals surface area contributed by atoms with Crippen LogP contribution in [0.5, 0.6) is 0 Å². The molecule has 0 unspecified atom stereocenters. The fourth-order valence-corrected chi connectivity index (χ4v) is 1.88. The van der Waals surface area contributed by atoms with E-state index in [1.54, 1.807) is 12.4 Å². The molecule has 6 nitrogen and oxygen atoms in total. The Kier molecular flexibility index (Phi) is 4.27. The van der Waals surface area contributed by atoms with Crippen LogP contribution >= 0.6 is 0 Å². The normalized spacial score (nSPS) is 17.8. The molecule has 2 aliphatic rings. The topological polar surface area (TPSA) is 82.9 Å². The summed E-state index contributed by atoms with van der Waals surface area (Å²) in [6.45, 7) is 0. The average Bonchev–Trinajstić information content (AvgIpc) is 3.41. The molecular formula is C16H18N4O2. The van der Waals surface area contributed by atoms with Crippen molar-refractivity contribution in [1.29, 1.82) is 0 Å². The molecule has 0 aliphatic heterocycles. The fourth-order valence-electron chi connectivity index (χ4n) is 1.88. The Morgan fingerprint density at radius 2 is 1.18 bits per heavy atom. The number of hydrogen-bond donors (Lipinski definition) is 2. The van der Waals surface area contributed by atoms with Crippen molar-refractivity contribution in [3.05, 3.63) is 35.4 Å². The molecule has 0 atom stereocenters. The van der Waals surface area contributed by atoms with E-state index in [1.165, 1.54) is 0 Å². The van der Waals surface area contributed by atoms with Gasteiger partial charge in [0.05, 0.1) is 12.4 Å². The summed E-state index contributed by atoms with van der Waals surface area (Å²) in [5, 5.41) is 7.86. The number of hydrazone groups is 2. The largest absolute Gasteiger partial charge is 0.273 e. The van der Waals surface area contributed by atoms with Crippen LogP contribution in [0.15, 0.2) is 34.5 Å². The zero-order valence-electron chi connectivity index (χ0n) is 12.2. The number of nitrogens with zero attached hydrogens (tertiary/aromatic N) is 2. The third-order valence-corrected chi connectivity index (χ3v) is 3.61. The van der Waals surface area contributed by atoms with Crippen LogP contribution in [0.4, 0.5) is 0 Å². The first-order valence-electron chi connectivity index (χ1n) is 7.48. The predicted molar refractivity (Wildman–Crippen MR) is 83.4 cm³/mol. The van der Waals surface area contributed by atoms with Gasteiger partial charge in [-0.1, -0.05) is 24.3 Å². The molecule has 0 radical (unpaired) electrons. The minimum Gasteiger partial charge on any atom is -0.273 e. The Hall–Kier alpha value is -2.50. The first kappa shape index (κ1) is 14.4. The van der Waals surface area contributed by atoms with Crippen molar-refractivity contribution in [2.24, 2.45) is 22.0 Å². The van der Waals surface area contributed by atoms with Gasteiger partial charge in [-0.2, -0.15) is 10.2 Å². The molecule has 2 saturated carbocycles. The minimum atomic E-state index is -0.00796. The maximum atomic E-state index is 11.4. The molecule has 22 heavy (non-hydrogen) atoms. The molecule has 1 aromatic carbocycles. The predicted octanol–water partition coefficient (Wildman–Crippen LogP) is 1.41. The Bertz CT molecular complexity index is 559. The second-order valence-corrected chi connectivity index (χ2v) is 5.68. The van der Waals surface area contributed by atoms with Crippen LogP contribution in [0.3, 0.4) is 0 Å². The molecule has 2 aliphatic carbocycles. The highest BCUT2D eigenvalue weighted by molar-refractivity contribution is 5.87. The zero-order valence-corrected chi connectivity index (χ0v) is 12.2. The summed E-state index contributed by atoms with van der Waals surface area (Å²) in [5.41, 5.74) is 6.82. The third kappa shape index (κ3) is 4.25. The van der Waals surface area contributed by atoms with E-state index in [4.69, 9.17) is 0 Å². The van der Waals surface area contributed by atoms with Crippen molar-refractivity contribution in [3.63, 3.8) is 0 Å². The third-order valence-electron chi connectivity index (χ3n) is 3.61. The van der Waals surface area contributed by atoms with Gasteiger partial charge in [0.25, 0.3) is 0 Å². The summed E-state index contributed by atoms with van der Waals surface area (Å²) in [7, 11) is 0. The van der Waals surface area contributed by atoms with Gasteiger partial charge in [0.2, 0.25) is 11.8 Å². The maximum absolute atomic E-state index is 11.4. The van der Waals surface area contributed by atoms with Crippen molar-refractivity contribution in [1.82, 2.24) is 10.9 Å². The lowest BCUT2D eigenvalue weighted by molar-refractivity contribution is -0.123. The summed E-state index contributed by atoms with van der Waals surface area (Å²) >= 11 is 0. The molecule has 3 rings (SSSR count). The highest BCUT2D eigenvalue weighted by atomic mass is 16.2. The molecule has 2 amide bonds. The van der Waals surface area contributed by atoms with Gasteiger partial charge >= 0.3 is 0 Å². The van der Waals surface area contributed by atoms with Gasteiger partial charge in [-0.15, -0.1) is 0 Å². The zero-order chi connectivity index (χ0) is 15.4. The summed E-state index contributed by atoms with van der Waals surface area (Å²) < 4.78 is 0. The van der Waals surface area contributed by atoms with E-state index in [9.17, 15) is 9.59 Å². The number of nitrogens with one attached hydrogen (secondary N) is 2. The van der Waals surface area contributed by atoms with Crippen molar-refractivity contribution in [3.8, 4) is 0 Å². The number of hydrogen-bond acceptors (Lipinski definition) is 4. The van der Waals surface area contributed by atoms with Crippen LogP contribution in [0.25, 0.3) is 0 Å². The molecule has 114 valence electrons. The van der Waals surface area contributed by atoms with Crippen LogP contribution < -0.4 is 10.9 Å². The van der Waals surface area contributed by atoms with E-state index in [0.717, 1.165) is 36.8 Å². The standard InChI is InChI=1S/C16H18N4O2/c21-15(13-5-6-13)19-17-9-11-1-2-12(4-3-11)10-18-20-16(22)14-7-8-14/h1-4,9-10,13-14H,5-8H2,(H,19,21)(H,20,22). The Morgan fingerprint density at radius 1 is 0.818 bits per heavy atom. The average molecular weight is 298 g/mol. The molecule has 2 fully saturated rings. The number of amides is 2. The van der Waals surface area contributed by atoms with E-state index < -0.39 is 0 Å². The van der Waals surface area contributed by atoms with E-state index >= 15 is 0 Å². The molecule has 2 N–H and O–H groups in total. The number of rotatable bonds is 6. The van der Waals surface area contributed by atoms with Gasteiger partial charge in [0.15, 0.2) is 0 Å². The smallest absolute Gasteiger partial charge is 0.243 e. The summed E-state index contributed by atoms with van der Waals surface area (Å²) in [6, 6.07) is 7.49. The highest BCUT2D eigenvalue weighted by Crippen LogP contribution is 2.29. The Morgan fingerprint density at radius 3 is 1.50 bits per heavy atom. The monoisotopic (exact) mass is 298 g/mol. The van der Waals surface area contributed by atoms with E-state index in [-0.39, 0.29) is 23.7 Å². The van der Waals surface area contributed by atoms with Crippen LogP contribution in [0, 0.1) is 11.8 Å². The molecule has 0 spiro atoms. The fraction of sp³-hybridized carbons (Fsp3) is 0.375. The van der Waals surface area contributed by atoms with Crippen molar-refractivity contribution in [2.45, 2.75) is 25.7 Å². The lowest BCUT2D eigenvalue weighted by Crippen LogP contribution is -2.19. The summed E-state index contributed by atoms with van der Waals surface area (Å²) in [4.78, 5) is 22.8. The number of carbonyl (C=O) groups is 2. The number of benzene rings is 1. The molecule has 0 aromatic heterocycles. The van der Waals surface area contributed by atoms with Crippen LogP contribution in [0.2, 0.25) is 0 Å². The minimum absolute atomic E-state index is 0.00796. The van der Waals surface area contributed by atoms with Crippen LogP contribution in [-0.4, -0.2) is 24.2 Å². The molecule has 0 saturated heterocycles. The van der Waals surface area contributed by atoms with Crippen LogP contribution in [-0.2, 0) is 9.59 Å². The highest BCUT2D eigenvalue weighted by Gasteiger charge is 2.29. The van der Waals surface area contributed by atoms with Gasteiger partial charge in [-0.05, 0) is 36.8 Å². The second kappa shape index (κ2) is 6.51. The van der Waals surface area contributed by atoms with E-state index in [0.29, 0.717) is 0 Å². The molecule has 6 heteroatoms. The Labute approximate surface area is 128 Å². The molecular weight excluding hydrogens is 280 g/mol.